The molecule has 3 rings (SSSR count). The number of rotatable bonds is 2. The van der Waals surface area contributed by atoms with E-state index in [4.69, 9.17) is 21.9 Å². The third-order valence-electron chi connectivity index (χ3n) is 2.76. The zero-order chi connectivity index (χ0) is 13.2. The molecule has 0 atom stereocenters. The van der Waals surface area contributed by atoms with Gasteiger partial charge in [0.15, 0.2) is 11.6 Å². The third-order valence-corrected chi connectivity index (χ3v) is 3.09. The van der Waals surface area contributed by atoms with Crippen LogP contribution in [-0.4, -0.2) is 10.1 Å². The van der Waals surface area contributed by atoms with Gasteiger partial charge in [0.25, 0.3) is 0 Å². The molecule has 0 saturated heterocycles. The summed E-state index contributed by atoms with van der Waals surface area (Å²) < 4.78 is 5.32. The lowest BCUT2D eigenvalue weighted by molar-refractivity contribution is 0.436. The van der Waals surface area contributed by atoms with Crippen LogP contribution in [0.3, 0.4) is 0 Å². The molecule has 0 unspecified atom stereocenters. The number of nitrogens with two attached hydrogens (primary N) is 1. The summed E-state index contributed by atoms with van der Waals surface area (Å²) in [6.07, 6.45) is 1.69. The molecule has 0 bridgehead atoms. The van der Waals surface area contributed by atoms with Crippen LogP contribution in [0, 0.1) is 0 Å². The molecular weight excluding hydrogens is 262 g/mol. The number of pyridine rings is 1. The molecule has 0 spiro atoms. The minimum atomic E-state index is 0.300. The summed E-state index contributed by atoms with van der Waals surface area (Å²) in [5, 5.41) is 4.39. The van der Waals surface area contributed by atoms with Gasteiger partial charge in [0.1, 0.15) is 0 Å². The molecule has 0 fully saturated rings. The van der Waals surface area contributed by atoms with Crippen LogP contribution in [0.5, 0.6) is 0 Å². The first-order valence-corrected chi connectivity index (χ1v) is 6.06. The molecule has 2 heterocycles. The molecule has 5 heteroatoms. The highest BCUT2D eigenvalue weighted by Gasteiger charge is 2.19. The van der Waals surface area contributed by atoms with Crippen molar-refractivity contribution in [2.24, 2.45) is 0 Å². The van der Waals surface area contributed by atoms with Crippen molar-refractivity contribution in [3.63, 3.8) is 0 Å². The maximum atomic E-state index is 6.18. The van der Waals surface area contributed by atoms with Gasteiger partial charge in [-0.2, -0.15) is 0 Å². The number of hydrogen-bond acceptors (Lipinski definition) is 4. The fourth-order valence-electron chi connectivity index (χ4n) is 1.89. The zero-order valence-corrected chi connectivity index (χ0v) is 10.6. The summed E-state index contributed by atoms with van der Waals surface area (Å²) in [6.45, 7) is 0. The Morgan fingerprint density at radius 3 is 2.58 bits per heavy atom. The van der Waals surface area contributed by atoms with E-state index in [-0.39, 0.29) is 0 Å². The van der Waals surface area contributed by atoms with E-state index in [1.54, 1.807) is 12.3 Å². The summed E-state index contributed by atoms with van der Waals surface area (Å²) >= 11 is 6.18. The van der Waals surface area contributed by atoms with Crippen molar-refractivity contribution in [1.29, 1.82) is 0 Å². The van der Waals surface area contributed by atoms with Crippen LogP contribution in [-0.2, 0) is 0 Å². The maximum Gasteiger partial charge on any atom is 0.180 e. The van der Waals surface area contributed by atoms with Crippen LogP contribution in [0.15, 0.2) is 53.2 Å². The molecule has 0 radical (unpaired) electrons. The molecule has 0 aliphatic rings. The van der Waals surface area contributed by atoms with Crippen molar-refractivity contribution in [1.82, 2.24) is 10.1 Å². The fraction of sp³-hybridized carbons (Fsp3) is 0. The first kappa shape index (κ1) is 11.7. The fourth-order valence-corrected chi connectivity index (χ4v) is 2.11. The largest absolute Gasteiger partial charge is 0.380 e. The van der Waals surface area contributed by atoms with Gasteiger partial charge in [-0.05, 0) is 24.3 Å². The van der Waals surface area contributed by atoms with E-state index in [0.717, 1.165) is 5.56 Å². The van der Waals surface area contributed by atoms with Gasteiger partial charge in [0, 0.05) is 11.8 Å². The predicted molar refractivity (Wildman–Crippen MR) is 74.6 cm³/mol. The second-order valence-corrected chi connectivity index (χ2v) is 4.37. The molecule has 4 nitrogen and oxygen atoms in total. The van der Waals surface area contributed by atoms with Crippen molar-refractivity contribution in [2.75, 3.05) is 5.73 Å². The first-order chi connectivity index (χ1) is 9.27. The molecule has 2 N–H and O–H groups in total. The average molecular weight is 272 g/mol. The number of halogens is 1. The summed E-state index contributed by atoms with van der Waals surface area (Å²) in [7, 11) is 0. The standard InChI is InChI=1S/C14H10ClN3O/c15-10-6-2-1-5-9(10)13-12(14(16)18-19-13)11-7-3-4-8-17-11/h1-8H,(H2,16,18). The zero-order valence-electron chi connectivity index (χ0n) is 9.88. The highest BCUT2D eigenvalue weighted by Crippen LogP contribution is 2.38. The normalized spacial score (nSPS) is 10.6. The number of nitrogen functional groups attached to an aromatic ring is 1. The van der Waals surface area contributed by atoms with E-state index in [9.17, 15) is 0 Å². The van der Waals surface area contributed by atoms with Gasteiger partial charge in [0.05, 0.1) is 16.3 Å². The second-order valence-electron chi connectivity index (χ2n) is 3.97. The lowest BCUT2D eigenvalue weighted by atomic mass is 10.1. The number of nitrogens with zero attached hydrogens (tertiary/aromatic N) is 2. The highest BCUT2D eigenvalue weighted by atomic mass is 35.5. The van der Waals surface area contributed by atoms with E-state index in [2.05, 4.69) is 10.1 Å². The lowest BCUT2D eigenvalue weighted by Gasteiger charge is -2.03. The molecule has 0 amide bonds. The van der Waals surface area contributed by atoms with Crippen molar-refractivity contribution in [2.45, 2.75) is 0 Å². The van der Waals surface area contributed by atoms with E-state index in [1.165, 1.54) is 0 Å². The van der Waals surface area contributed by atoms with Gasteiger partial charge in [-0.3, -0.25) is 4.98 Å². The Kier molecular flexibility index (Phi) is 2.93. The van der Waals surface area contributed by atoms with Gasteiger partial charge >= 0.3 is 0 Å². The van der Waals surface area contributed by atoms with Crippen molar-refractivity contribution in [3.8, 4) is 22.6 Å². The monoisotopic (exact) mass is 271 g/mol. The van der Waals surface area contributed by atoms with Gasteiger partial charge in [-0.15, -0.1) is 0 Å². The van der Waals surface area contributed by atoms with Crippen LogP contribution in [0.25, 0.3) is 22.6 Å². The number of aromatic nitrogens is 2. The number of benzene rings is 1. The van der Waals surface area contributed by atoms with Gasteiger partial charge in [0.2, 0.25) is 0 Å². The maximum absolute atomic E-state index is 6.18. The van der Waals surface area contributed by atoms with Crippen LogP contribution >= 0.6 is 11.6 Å². The molecule has 1 aromatic carbocycles. The van der Waals surface area contributed by atoms with Crippen molar-refractivity contribution >= 4 is 17.4 Å². The summed E-state index contributed by atoms with van der Waals surface area (Å²) in [4.78, 5) is 4.27. The molecule has 2 aromatic heterocycles. The Hall–Kier alpha value is -2.33. The smallest absolute Gasteiger partial charge is 0.180 e. The topological polar surface area (TPSA) is 64.9 Å². The Morgan fingerprint density at radius 2 is 1.84 bits per heavy atom. The van der Waals surface area contributed by atoms with Gasteiger partial charge in [-0.1, -0.05) is 35.0 Å². The van der Waals surface area contributed by atoms with E-state index in [1.807, 2.05) is 36.4 Å². The van der Waals surface area contributed by atoms with Crippen LogP contribution in [0.4, 0.5) is 5.82 Å². The average Bonchev–Trinajstić information content (AvgIpc) is 2.82. The minimum Gasteiger partial charge on any atom is -0.380 e. The molecule has 0 aliphatic carbocycles. The number of anilines is 1. The van der Waals surface area contributed by atoms with Crippen LogP contribution in [0.2, 0.25) is 5.02 Å². The number of hydrogen-bond donors (Lipinski definition) is 1. The Balaban J connectivity index is 2.23. The van der Waals surface area contributed by atoms with Crippen molar-refractivity contribution in [3.05, 3.63) is 53.7 Å². The SMILES string of the molecule is Nc1noc(-c2ccccc2Cl)c1-c1ccccn1. The Morgan fingerprint density at radius 1 is 1.05 bits per heavy atom. The molecule has 0 saturated carbocycles. The van der Waals surface area contributed by atoms with E-state index >= 15 is 0 Å². The van der Waals surface area contributed by atoms with Gasteiger partial charge in [-0.25, -0.2) is 0 Å². The molecule has 0 aliphatic heterocycles. The Labute approximate surface area is 114 Å². The highest BCUT2D eigenvalue weighted by molar-refractivity contribution is 6.33. The summed E-state index contributed by atoms with van der Waals surface area (Å²) in [5.41, 5.74) is 7.98. The molecule has 94 valence electrons. The van der Waals surface area contributed by atoms with E-state index in [0.29, 0.717) is 27.9 Å². The van der Waals surface area contributed by atoms with Crippen LogP contribution < -0.4 is 5.73 Å². The molecule has 3 aromatic rings. The Bertz CT molecular complexity index is 710. The lowest BCUT2D eigenvalue weighted by Crippen LogP contribution is -1.90. The van der Waals surface area contributed by atoms with Gasteiger partial charge < -0.3 is 10.3 Å². The minimum absolute atomic E-state index is 0.300. The third kappa shape index (κ3) is 2.06. The van der Waals surface area contributed by atoms with Crippen LogP contribution in [0.1, 0.15) is 0 Å². The molecular formula is C14H10ClN3O. The summed E-state index contributed by atoms with van der Waals surface area (Å²) in [6, 6.07) is 12.9. The second kappa shape index (κ2) is 4.74. The first-order valence-electron chi connectivity index (χ1n) is 5.69. The summed E-state index contributed by atoms with van der Waals surface area (Å²) in [5.74, 6) is 0.829. The van der Waals surface area contributed by atoms with E-state index < -0.39 is 0 Å². The quantitative estimate of drug-likeness (QED) is 0.773. The molecule has 19 heavy (non-hydrogen) atoms. The van der Waals surface area contributed by atoms with Crippen molar-refractivity contribution < 1.29 is 4.52 Å². The predicted octanol–water partition coefficient (Wildman–Crippen LogP) is 3.64.